The lowest BCUT2D eigenvalue weighted by atomic mass is 9.48. The number of hydrogen-bond acceptors (Lipinski definition) is 5. The van der Waals surface area contributed by atoms with Crippen LogP contribution in [0.25, 0.3) is 0 Å². The van der Waals surface area contributed by atoms with Crippen LogP contribution < -0.4 is 11.5 Å². The molecule has 1 heterocycles. The molecule has 0 amide bonds. The summed E-state index contributed by atoms with van der Waals surface area (Å²) in [6.07, 6.45) is 8.26. The summed E-state index contributed by atoms with van der Waals surface area (Å²) in [6.45, 7) is 0. The van der Waals surface area contributed by atoms with E-state index in [4.69, 9.17) is 11.5 Å². The van der Waals surface area contributed by atoms with Crippen molar-refractivity contribution in [2.24, 2.45) is 23.2 Å². The molecule has 5 heteroatoms. The predicted octanol–water partition coefficient (Wildman–Crippen LogP) is 2.04. The molecule has 0 unspecified atom stereocenters. The smallest absolute Gasteiger partial charge is 0.176 e. The summed E-state index contributed by atoms with van der Waals surface area (Å²) in [5, 5.41) is 0. The van der Waals surface area contributed by atoms with Gasteiger partial charge in [0.2, 0.25) is 0 Å². The predicted molar refractivity (Wildman–Crippen MR) is 75.8 cm³/mol. The number of carbonyl (C=O) groups excluding carboxylic acids is 1. The van der Waals surface area contributed by atoms with Crippen molar-refractivity contribution in [1.29, 1.82) is 0 Å². The molecule has 0 aromatic carbocycles. The van der Waals surface area contributed by atoms with Crippen LogP contribution in [0.2, 0.25) is 0 Å². The third-order valence-corrected chi connectivity index (χ3v) is 5.65. The quantitative estimate of drug-likeness (QED) is 0.803. The topological polar surface area (TPSA) is 94.9 Å². The van der Waals surface area contributed by atoms with E-state index in [1.807, 2.05) is 0 Å². The average Bonchev–Trinajstić information content (AvgIpc) is 2.36. The van der Waals surface area contributed by atoms with Gasteiger partial charge in [0.1, 0.15) is 23.5 Å². The summed E-state index contributed by atoms with van der Waals surface area (Å²) < 4.78 is 0. The summed E-state index contributed by atoms with van der Waals surface area (Å²) in [4.78, 5) is 21.0. The normalized spacial score (nSPS) is 38.1. The van der Waals surface area contributed by atoms with Gasteiger partial charge in [-0.05, 0) is 56.3 Å². The van der Waals surface area contributed by atoms with Gasteiger partial charge in [0.25, 0.3) is 0 Å². The van der Waals surface area contributed by atoms with Crippen LogP contribution in [0.3, 0.4) is 0 Å². The van der Waals surface area contributed by atoms with Crippen LogP contribution in [0.5, 0.6) is 0 Å². The molecule has 4 fully saturated rings. The zero-order valence-electron chi connectivity index (χ0n) is 11.5. The largest absolute Gasteiger partial charge is 0.383 e. The Hall–Kier alpha value is -1.65. The lowest BCUT2D eigenvalue weighted by molar-refractivity contribution is -0.0352. The van der Waals surface area contributed by atoms with E-state index in [-0.39, 0.29) is 22.8 Å². The minimum absolute atomic E-state index is 0.104. The SMILES string of the molecule is Nc1ncnc(N)c1C(=O)C12CC3CC(CC(C3)C1)C2. The number of anilines is 2. The maximum Gasteiger partial charge on any atom is 0.176 e. The number of ketones is 1. The average molecular weight is 272 g/mol. The van der Waals surface area contributed by atoms with Crippen LogP contribution in [0.15, 0.2) is 6.33 Å². The molecule has 0 spiro atoms. The standard InChI is InChI=1S/C15H20N4O/c16-13-11(14(17)19-7-18-13)12(20)15-4-8-1-9(5-15)3-10(2-8)6-15/h7-10H,1-6H2,(H4,16,17,18,19). The highest BCUT2D eigenvalue weighted by Gasteiger charge is 2.55. The molecule has 20 heavy (non-hydrogen) atoms. The lowest BCUT2D eigenvalue weighted by Gasteiger charge is -2.55. The van der Waals surface area contributed by atoms with E-state index < -0.39 is 0 Å². The van der Waals surface area contributed by atoms with Crippen molar-refractivity contribution < 1.29 is 4.79 Å². The highest BCUT2D eigenvalue weighted by molar-refractivity contribution is 6.07. The molecule has 0 radical (unpaired) electrons. The van der Waals surface area contributed by atoms with Gasteiger partial charge in [0.05, 0.1) is 0 Å². The van der Waals surface area contributed by atoms with E-state index in [2.05, 4.69) is 9.97 Å². The number of Topliss-reactive ketones (excluding diaryl/α,β-unsaturated/α-hetero) is 1. The van der Waals surface area contributed by atoms with Crippen LogP contribution >= 0.6 is 0 Å². The van der Waals surface area contributed by atoms with Crippen molar-refractivity contribution in [2.45, 2.75) is 38.5 Å². The maximum atomic E-state index is 13.1. The van der Waals surface area contributed by atoms with E-state index in [9.17, 15) is 4.79 Å². The van der Waals surface area contributed by atoms with Gasteiger partial charge in [0, 0.05) is 5.41 Å². The van der Waals surface area contributed by atoms with Crippen LogP contribution in [-0.4, -0.2) is 15.8 Å². The number of hydrogen-bond donors (Lipinski definition) is 2. The van der Waals surface area contributed by atoms with E-state index in [0.717, 1.165) is 37.0 Å². The molecule has 5 nitrogen and oxygen atoms in total. The zero-order valence-corrected chi connectivity index (χ0v) is 11.5. The lowest BCUT2D eigenvalue weighted by Crippen LogP contribution is -2.50. The molecule has 0 atom stereocenters. The second kappa shape index (κ2) is 3.93. The third-order valence-electron chi connectivity index (χ3n) is 5.65. The van der Waals surface area contributed by atoms with Crippen molar-refractivity contribution in [1.82, 2.24) is 9.97 Å². The fourth-order valence-electron chi connectivity index (χ4n) is 5.30. The molecular formula is C15H20N4O. The van der Waals surface area contributed by atoms with Crippen molar-refractivity contribution in [3.05, 3.63) is 11.9 Å². The minimum atomic E-state index is -0.234. The molecule has 0 aliphatic heterocycles. The van der Waals surface area contributed by atoms with Crippen molar-refractivity contribution in [2.75, 3.05) is 11.5 Å². The van der Waals surface area contributed by atoms with Gasteiger partial charge >= 0.3 is 0 Å². The third kappa shape index (κ3) is 1.58. The zero-order chi connectivity index (χ0) is 13.9. The van der Waals surface area contributed by atoms with Crippen LogP contribution in [0.1, 0.15) is 48.9 Å². The molecule has 1 aromatic rings. The molecule has 1 aromatic heterocycles. The van der Waals surface area contributed by atoms with Crippen LogP contribution in [0.4, 0.5) is 11.6 Å². The van der Waals surface area contributed by atoms with Crippen molar-refractivity contribution >= 4 is 17.4 Å². The summed E-state index contributed by atoms with van der Waals surface area (Å²) in [6, 6.07) is 0. The Labute approximate surface area is 118 Å². The fourth-order valence-corrected chi connectivity index (χ4v) is 5.30. The van der Waals surface area contributed by atoms with Crippen molar-refractivity contribution in [3.63, 3.8) is 0 Å². The van der Waals surface area contributed by atoms with Gasteiger partial charge in [-0.3, -0.25) is 4.79 Å². The molecule has 4 aliphatic rings. The Morgan fingerprint density at radius 1 is 1.00 bits per heavy atom. The maximum absolute atomic E-state index is 13.1. The number of aromatic nitrogens is 2. The second-order valence-corrected chi connectivity index (χ2v) is 7.05. The molecule has 4 N–H and O–H groups in total. The molecular weight excluding hydrogens is 252 g/mol. The number of nitrogens with two attached hydrogens (primary N) is 2. The number of nitrogens with zero attached hydrogens (tertiary/aromatic N) is 2. The second-order valence-electron chi connectivity index (χ2n) is 7.05. The Morgan fingerprint density at radius 3 is 1.90 bits per heavy atom. The van der Waals surface area contributed by atoms with Gasteiger partial charge in [0.15, 0.2) is 5.78 Å². The molecule has 4 aliphatic carbocycles. The first-order chi connectivity index (χ1) is 9.57. The fraction of sp³-hybridized carbons (Fsp3) is 0.667. The van der Waals surface area contributed by atoms with E-state index in [1.54, 1.807) is 0 Å². The van der Waals surface area contributed by atoms with E-state index in [1.165, 1.54) is 25.6 Å². The van der Waals surface area contributed by atoms with Crippen LogP contribution in [-0.2, 0) is 0 Å². The Morgan fingerprint density at radius 2 is 1.45 bits per heavy atom. The monoisotopic (exact) mass is 272 g/mol. The minimum Gasteiger partial charge on any atom is -0.383 e. The summed E-state index contributed by atoms with van der Waals surface area (Å²) in [5.41, 5.74) is 11.9. The number of nitrogen functional groups attached to an aromatic ring is 2. The summed E-state index contributed by atoms with van der Waals surface area (Å²) in [7, 11) is 0. The number of rotatable bonds is 2. The van der Waals surface area contributed by atoms with Gasteiger partial charge in [-0.2, -0.15) is 0 Å². The van der Waals surface area contributed by atoms with E-state index >= 15 is 0 Å². The molecule has 4 bridgehead atoms. The van der Waals surface area contributed by atoms with Gasteiger partial charge < -0.3 is 11.5 Å². The number of carbonyl (C=O) groups is 1. The first-order valence-corrected chi connectivity index (χ1v) is 7.48. The van der Waals surface area contributed by atoms with Crippen molar-refractivity contribution in [3.8, 4) is 0 Å². The Kier molecular flexibility index (Phi) is 2.38. The first-order valence-electron chi connectivity index (χ1n) is 7.48. The highest BCUT2D eigenvalue weighted by atomic mass is 16.1. The Bertz CT molecular complexity index is 528. The first kappa shape index (κ1) is 12.1. The summed E-state index contributed by atoms with van der Waals surface area (Å²) >= 11 is 0. The Balaban J connectivity index is 1.75. The van der Waals surface area contributed by atoms with E-state index in [0.29, 0.717) is 5.56 Å². The van der Waals surface area contributed by atoms with Gasteiger partial charge in [-0.1, -0.05) is 0 Å². The molecule has 4 saturated carbocycles. The van der Waals surface area contributed by atoms with Crippen LogP contribution in [0, 0.1) is 23.2 Å². The molecule has 0 saturated heterocycles. The molecule has 5 rings (SSSR count). The van der Waals surface area contributed by atoms with Gasteiger partial charge in [-0.25, -0.2) is 9.97 Å². The highest BCUT2D eigenvalue weighted by Crippen LogP contribution is 2.61. The summed E-state index contributed by atoms with van der Waals surface area (Å²) in [5.74, 6) is 2.73. The molecule has 106 valence electrons. The van der Waals surface area contributed by atoms with Gasteiger partial charge in [-0.15, -0.1) is 0 Å².